The standard InChI is InChI=1S/C8H14N3O6P.C8H11N3O3S/c9-7-1-2-11(8(13)10-7)3-6(4-12)17-5-18(14,15)16;9-5-1-2-11(8(13)10-5)6-4-15-7(3-12)14-6/h1-2,6,12H,3-5H2,(H2,9,10,13)(H2,14,15,16);1-2,6-7,12H,3-4H2,(H2,9,10,13)/t;6-,7+/m.0/s1. The van der Waals surface area contributed by atoms with Crippen LogP contribution in [-0.2, 0) is 20.6 Å². The Morgan fingerprint density at radius 3 is 2.33 bits per heavy atom. The predicted molar refractivity (Wildman–Crippen MR) is 118 cm³/mol. The van der Waals surface area contributed by atoms with Crippen molar-refractivity contribution in [3.63, 3.8) is 0 Å². The lowest BCUT2D eigenvalue weighted by atomic mass is 10.3. The maximum atomic E-state index is 11.4. The molecule has 3 atom stereocenters. The van der Waals surface area contributed by atoms with Crippen LogP contribution in [-0.4, -0.2) is 76.0 Å². The van der Waals surface area contributed by atoms with Crippen LogP contribution in [0.15, 0.2) is 34.1 Å². The molecule has 0 saturated carbocycles. The number of aromatic nitrogens is 4. The minimum absolute atomic E-state index is 0.0572. The third-order valence-electron chi connectivity index (χ3n) is 4.02. The molecule has 0 aromatic carbocycles. The molecule has 184 valence electrons. The molecule has 1 aliphatic heterocycles. The molecule has 1 unspecified atom stereocenters. The van der Waals surface area contributed by atoms with Crippen molar-refractivity contribution in [2.75, 3.05) is 36.8 Å². The molecule has 3 heterocycles. The third kappa shape index (κ3) is 8.87. The lowest BCUT2D eigenvalue weighted by molar-refractivity contribution is -0.00629. The highest BCUT2D eigenvalue weighted by Gasteiger charge is 2.27. The Bertz CT molecular complexity index is 1080. The van der Waals surface area contributed by atoms with E-state index in [1.165, 1.54) is 28.6 Å². The first kappa shape index (κ1) is 26.9. The number of nitrogens with two attached hydrogens (primary N) is 2. The van der Waals surface area contributed by atoms with Gasteiger partial charge < -0.3 is 40.9 Å². The Balaban J connectivity index is 0.000000237. The molecule has 33 heavy (non-hydrogen) atoms. The van der Waals surface area contributed by atoms with E-state index in [4.69, 9.17) is 40.9 Å². The van der Waals surface area contributed by atoms with Crippen molar-refractivity contribution in [2.45, 2.75) is 24.3 Å². The molecule has 2 aromatic heterocycles. The van der Waals surface area contributed by atoms with Crippen LogP contribution in [0.2, 0.25) is 0 Å². The van der Waals surface area contributed by atoms with Crippen LogP contribution in [0.1, 0.15) is 6.23 Å². The second kappa shape index (κ2) is 12.2. The second-order valence-corrected chi connectivity index (χ2v) is 9.41. The fraction of sp³-hybridized carbons (Fsp3) is 0.500. The van der Waals surface area contributed by atoms with Gasteiger partial charge in [-0.3, -0.25) is 13.7 Å². The maximum absolute atomic E-state index is 11.4. The van der Waals surface area contributed by atoms with Gasteiger partial charge in [0, 0.05) is 18.1 Å². The van der Waals surface area contributed by atoms with Gasteiger partial charge >= 0.3 is 19.0 Å². The topological polar surface area (TPSA) is 238 Å². The van der Waals surface area contributed by atoms with E-state index in [0.717, 1.165) is 4.57 Å². The summed E-state index contributed by atoms with van der Waals surface area (Å²) in [5, 5.41) is 17.9. The van der Waals surface area contributed by atoms with Gasteiger partial charge in [0.25, 0.3) is 0 Å². The molecule has 3 rings (SSSR count). The van der Waals surface area contributed by atoms with Crippen molar-refractivity contribution in [1.29, 1.82) is 0 Å². The van der Waals surface area contributed by atoms with E-state index in [-0.39, 0.29) is 36.5 Å². The summed E-state index contributed by atoms with van der Waals surface area (Å²) in [6.07, 6.45) is 0.799. The van der Waals surface area contributed by atoms with E-state index in [1.54, 1.807) is 12.3 Å². The van der Waals surface area contributed by atoms with Crippen LogP contribution < -0.4 is 22.8 Å². The quantitative estimate of drug-likeness (QED) is 0.206. The monoisotopic (exact) mass is 508 g/mol. The van der Waals surface area contributed by atoms with Gasteiger partial charge in [0.2, 0.25) is 0 Å². The number of hydrogen-bond acceptors (Lipinski definition) is 12. The van der Waals surface area contributed by atoms with Crippen LogP contribution in [0, 0.1) is 0 Å². The number of rotatable bonds is 8. The lowest BCUT2D eigenvalue weighted by Gasteiger charge is -2.16. The second-order valence-electron chi connectivity index (χ2n) is 6.63. The van der Waals surface area contributed by atoms with Crippen molar-refractivity contribution >= 4 is 31.0 Å². The fourth-order valence-corrected chi connectivity index (χ4v) is 3.83. The predicted octanol–water partition coefficient (Wildman–Crippen LogP) is -2.26. The van der Waals surface area contributed by atoms with Gasteiger partial charge in [0.05, 0.1) is 25.9 Å². The summed E-state index contributed by atoms with van der Waals surface area (Å²) in [7, 11) is -4.31. The smallest absolute Gasteiger partial charge is 0.351 e. The first-order valence-corrected chi connectivity index (χ1v) is 12.2. The van der Waals surface area contributed by atoms with Crippen LogP contribution in [0.5, 0.6) is 0 Å². The summed E-state index contributed by atoms with van der Waals surface area (Å²) in [4.78, 5) is 47.1. The molecule has 15 nitrogen and oxygen atoms in total. The van der Waals surface area contributed by atoms with Crippen molar-refractivity contribution < 1.29 is 34.0 Å². The van der Waals surface area contributed by atoms with Crippen LogP contribution >= 0.6 is 19.4 Å². The number of aliphatic hydroxyl groups is 2. The van der Waals surface area contributed by atoms with Gasteiger partial charge in [-0.1, -0.05) is 0 Å². The molecule has 0 spiro atoms. The van der Waals surface area contributed by atoms with Gasteiger partial charge in [-0.15, -0.1) is 11.8 Å². The molecule has 1 aliphatic rings. The third-order valence-corrected chi connectivity index (χ3v) is 5.62. The Labute approximate surface area is 191 Å². The number of hydrogen-bond donors (Lipinski definition) is 6. The molecule has 0 bridgehead atoms. The highest BCUT2D eigenvalue weighted by molar-refractivity contribution is 8.00. The maximum Gasteiger partial charge on any atom is 0.351 e. The molecule has 0 amide bonds. The zero-order valence-corrected chi connectivity index (χ0v) is 18.9. The SMILES string of the molecule is Nc1ccn(CC(CO)OCP(=O)(O)O)c(=O)n1.Nc1ccn([C@@H]2CS[C@H](CO)O2)c(=O)n1. The number of nitrogens with zero attached hydrogens (tertiary/aromatic N) is 4. The van der Waals surface area contributed by atoms with E-state index in [0.29, 0.717) is 5.75 Å². The summed E-state index contributed by atoms with van der Waals surface area (Å²) in [6.45, 7) is -0.627. The average Bonchev–Trinajstić information content (AvgIpc) is 3.21. The van der Waals surface area contributed by atoms with Gasteiger partial charge in [-0.25, -0.2) is 9.59 Å². The Morgan fingerprint density at radius 1 is 1.18 bits per heavy atom. The molecule has 17 heteroatoms. The van der Waals surface area contributed by atoms with Crippen molar-refractivity contribution in [1.82, 2.24) is 19.1 Å². The highest BCUT2D eigenvalue weighted by atomic mass is 32.2. The van der Waals surface area contributed by atoms with E-state index in [9.17, 15) is 14.2 Å². The Kier molecular flexibility index (Phi) is 10.00. The zero-order chi connectivity index (χ0) is 24.6. The van der Waals surface area contributed by atoms with E-state index in [1.807, 2.05) is 0 Å². The van der Waals surface area contributed by atoms with Gasteiger partial charge in [0.15, 0.2) is 0 Å². The molecule has 8 N–H and O–H groups in total. The van der Waals surface area contributed by atoms with Crippen LogP contribution in [0.25, 0.3) is 0 Å². The first-order chi connectivity index (χ1) is 15.5. The van der Waals surface area contributed by atoms with E-state index < -0.39 is 38.0 Å². The fourth-order valence-electron chi connectivity index (χ4n) is 2.50. The molecule has 1 saturated heterocycles. The van der Waals surface area contributed by atoms with Gasteiger partial charge in [-0.05, 0) is 12.1 Å². The van der Waals surface area contributed by atoms with Gasteiger partial charge in [0.1, 0.15) is 29.6 Å². The number of ether oxygens (including phenoxy) is 2. The lowest BCUT2D eigenvalue weighted by Crippen LogP contribution is -2.32. The summed E-state index contributed by atoms with van der Waals surface area (Å²) in [5.41, 5.74) is 9.34. The molecule has 0 radical (unpaired) electrons. The summed E-state index contributed by atoms with van der Waals surface area (Å²) >= 11 is 1.47. The van der Waals surface area contributed by atoms with Crippen molar-refractivity contribution in [3.05, 3.63) is 45.5 Å². The summed E-state index contributed by atoms with van der Waals surface area (Å²) in [5.74, 6) is 0.880. The first-order valence-electron chi connectivity index (χ1n) is 9.35. The Hall–Kier alpha value is -2.30. The summed E-state index contributed by atoms with van der Waals surface area (Å²) < 4.78 is 23.3. The number of nitrogen functional groups attached to an aromatic ring is 2. The minimum Gasteiger partial charge on any atom is -0.394 e. The summed E-state index contributed by atoms with van der Waals surface area (Å²) in [6, 6.07) is 2.93. The van der Waals surface area contributed by atoms with Crippen molar-refractivity contribution in [3.8, 4) is 0 Å². The van der Waals surface area contributed by atoms with E-state index in [2.05, 4.69) is 9.97 Å². The molecular formula is C16H25N6O9PS. The molecule has 1 fully saturated rings. The van der Waals surface area contributed by atoms with Crippen LogP contribution in [0.3, 0.4) is 0 Å². The number of thioether (sulfide) groups is 1. The number of anilines is 2. The molecule has 2 aromatic rings. The molecular weight excluding hydrogens is 483 g/mol. The van der Waals surface area contributed by atoms with Gasteiger partial charge in [-0.2, -0.15) is 9.97 Å². The normalized spacial score (nSPS) is 19.0. The zero-order valence-electron chi connectivity index (χ0n) is 17.2. The number of aliphatic hydroxyl groups excluding tert-OH is 2. The molecule has 0 aliphatic carbocycles. The van der Waals surface area contributed by atoms with E-state index >= 15 is 0 Å². The van der Waals surface area contributed by atoms with Crippen LogP contribution in [0.4, 0.5) is 11.6 Å². The highest BCUT2D eigenvalue weighted by Crippen LogP contribution is 2.34. The average molecular weight is 508 g/mol. The minimum atomic E-state index is -4.31. The van der Waals surface area contributed by atoms with Crippen molar-refractivity contribution in [2.24, 2.45) is 0 Å². The largest absolute Gasteiger partial charge is 0.394 e. The Morgan fingerprint density at radius 2 is 1.82 bits per heavy atom.